The first-order valence-corrected chi connectivity index (χ1v) is 12.0. The maximum Gasteiger partial charge on any atom is 0.255 e. The van der Waals surface area contributed by atoms with Gasteiger partial charge in [-0.3, -0.25) is 9.59 Å². The topological polar surface area (TPSA) is 72.8 Å². The number of methoxy groups -OCH3 is 1. The van der Waals surface area contributed by atoms with E-state index in [4.69, 9.17) is 9.47 Å². The average Bonchev–Trinajstić information content (AvgIpc) is 3.50. The molecule has 1 aliphatic carbocycles. The molecule has 1 saturated carbocycles. The zero-order valence-corrected chi connectivity index (χ0v) is 20.2. The molecule has 1 fully saturated rings. The molecule has 0 atom stereocenters. The van der Waals surface area contributed by atoms with Crippen LogP contribution in [0.4, 0.5) is 5.69 Å². The van der Waals surface area contributed by atoms with E-state index in [0.717, 1.165) is 23.7 Å². The van der Waals surface area contributed by atoms with Crippen molar-refractivity contribution in [3.63, 3.8) is 0 Å². The summed E-state index contributed by atoms with van der Waals surface area (Å²) in [4.78, 5) is 27.2. The van der Waals surface area contributed by atoms with Gasteiger partial charge in [0.15, 0.2) is 11.5 Å². The number of hydrogen-bond donors (Lipinski definition) is 1. The van der Waals surface area contributed by atoms with Crippen molar-refractivity contribution in [1.29, 1.82) is 0 Å². The fourth-order valence-electron chi connectivity index (χ4n) is 4.53. The van der Waals surface area contributed by atoms with Crippen molar-refractivity contribution in [3.8, 4) is 11.5 Å². The van der Waals surface area contributed by atoms with E-state index >= 15 is 0 Å². The molecule has 0 unspecified atom stereocenters. The highest BCUT2D eigenvalue weighted by Crippen LogP contribution is 2.32. The van der Waals surface area contributed by atoms with Crippen LogP contribution < -0.4 is 14.8 Å². The Hall–Kier alpha value is -3.48. The molecule has 0 aliphatic heterocycles. The molecule has 0 spiro atoms. The van der Waals surface area contributed by atoms with Crippen molar-refractivity contribution >= 4 is 28.4 Å². The number of rotatable bonds is 9. The molecule has 4 rings (SSSR count). The highest BCUT2D eigenvalue weighted by atomic mass is 16.5. The Morgan fingerprint density at radius 2 is 1.79 bits per heavy atom. The van der Waals surface area contributed by atoms with Gasteiger partial charge in [-0.15, -0.1) is 0 Å². The second-order valence-electron chi connectivity index (χ2n) is 8.63. The molecule has 1 N–H and O–H groups in total. The maximum atomic E-state index is 12.9. The Morgan fingerprint density at radius 1 is 1.03 bits per heavy atom. The van der Waals surface area contributed by atoms with Gasteiger partial charge in [-0.2, -0.15) is 0 Å². The van der Waals surface area contributed by atoms with E-state index in [9.17, 15) is 9.59 Å². The van der Waals surface area contributed by atoms with E-state index in [1.807, 2.05) is 59.8 Å². The first-order valence-electron chi connectivity index (χ1n) is 12.0. The lowest BCUT2D eigenvalue weighted by Gasteiger charge is -2.19. The van der Waals surface area contributed by atoms with Gasteiger partial charge in [-0.05, 0) is 82.0 Å². The third-order valence-electron chi connectivity index (χ3n) is 6.47. The van der Waals surface area contributed by atoms with E-state index in [1.54, 1.807) is 19.2 Å². The number of nitrogens with one attached hydrogen (secondary N) is 1. The third-order valence-corrected chi connectivity index (χ3v) is 6.47. The molecule has 7 nitrogen and oxygen atoms in total. The molecule has 0 radical (unpaired) electrons. The molecular formula is C27H33N3O4. The lowest BCUT2D eigenvalue weighted by Crippen LogP contribution is -2.33. The molecule has 1 heterocycles. The number of aromatic nitrogens is 1. The van der Waals surface area contributed by atoms with E-state index in [-0.39, 0.29) is 17.9 Å². The summed E-state index contributed by atoms with van der Waals surface area (Å²) >= 11 is 0. The van der Waals surface area contributed by atoms with Crippen molar-refractivity contribution in [2.24, 2.45) is 0 Å². The van der Waals surface area contributed by atoms with Crippen molar-refractivity contribution < 1.29 is 19.1 Å². The Balaban J connectivity index is 1.46. The zero-order chi connectivity index (χ0) is 24.1. The molecular weight excluding hydrogens is 430 g/mol. The van der Waals surface area contributed by atoms with Gasteiger partial charge in [0.2, 0.25) is 5.91 Å². The van der Waals surface area contributed by atoms with Crippen LogP contribution in [0.25, 0.3) is 10.9 Å². The highest BCUT2D eigenvalue weighted by Gasteiger charge is 2.19. The van der Waals surface area contributed by atoms with Gasteiger partial charge in [0, 0.05) is 41.4 Å². The Kier molecular flexibility index (Phi) is 7.40. The molecule has 3 aromatic rings. The summed E-state index contributed by atoms with van der Waals surface area (Å²) in [6.45, 7) is 5.66. The standard InChI is InChI=1S/C27H33N3O4/c1-4-29(5-2)26(31)18-30-15-14-19-16-21(11-12-23(19)30)28-27(32)20-10-13-24(25(17-20)33-3)34-22-8-6-7-9-22/h10-17,22H,4-9,18H2,1-3H3,(H,28,32). The van der Waals surface area contributed by atoms with E-state index in [2.05, 4.69) is 5.32 Å². The third kappa shape index (κ3) is 5.19. The molecule has 2 amide bonds. The number of benzene rings is 2. The van der Waals surface area contributed by atoms with Crippen LogP contribution in [0.5, 0.6) is 11.5 Å². The lowest BCUT2D eigenvalue weighted by molar-refractivity contribution is -0.131. The molecule has 7 heteroatoms. The number of hydrogen-bond acceptors (Lipinski definition) is 4. The highest BCUT2D eigenvalue weighted by molar-refractivity contribution is 6.05. The van der Waals surface area contributed by atoms with Crippen molar-refractivity contribution in [2.75, 3.05) is 25.5 Å². The largest absolute Gasteiger partial charge is 0.493 e. The van der Waals surface area contributed by atoms with E-state index in [0.29, 0.717) is 42.4 Å². The van der Waals surface area contributed by atoms with Crippen LogP contribution in [0, 0.1) is 0 Å². The van der Waals surface area contributed by atoms with Crippen LogP contribution >= 0.6 is 0 Å². The summed E-state index contributed by atoms with van der Waals surface area (Å²) in [7, 11) is 1.59. The molecule has 1 aromatic heterocycles. The number of anilines is 1. The molecule has 34 heavy (non-hydrogen) atoms. The van der Waals surface area contributed by atoms with Gasteiger partial charge < -0.3 is 24.3 Å². The fourth-order valence-corrected chi connectivity index (χ4v) is 4.53. The normalized spacial score (nSPS) is 13.7. The van der Waals surface area contributed by atoms with Gasteiger partial charge in [0.25, 0.3) is 5.91 Å². The predicted molar refractivity (Wildman–Crippen MR) is 134 cm³/mol. The van der Waals surface area contributed by atoms with Crippen molar-refractivity contribution in [1.82, 2.24) is 9.47 Å². The number of ether oxygens (including phenoxy) is 2. The summed E-state index contributed by atoms with van der Waals surface area (Å²) < 4.78 is 13.5. The van der Waals surface area contributed by atoms with Crippen LogP contribution in [0.1, 0.15) is 49.9 Å². The summed E-state index contributed by atoms with van der Waals surface area (Å²) in [5.41, 5.74) is 2.14. The maximum absolute atomic E-state index is 12.9. The number of carbonyl (C=O) groups excluding carboxylic acids is 2. The number of carbonyl (C=O) groups is 2. The van der Waals surface area contributed by atoms with Gasteiger partial charge >= 0.3 is 0 Å². The van der Waals surface area contributed by atoms with Gasteiger partial charge in [-0.1, -0.05) is 0 Å². The first-order chi connectivity index (χ1) is 16.5. The fraction of sp³-hybridized carbons (Fsp3) is 0.407. The molecule has 2 aromatic carbocycles. The lowest BCUT2D eigenvalue weighted by atomic mass is 10.1. The van der Waals surface area contributed by atoms with Crippen LogP contribution in [0.15, 0.2) is 48.7 Å². The molecule has 1 aliphatic rings. The Labute approximate surface area is 200 Å². The average molecular weight is 464 g/mol. The number of fused-ring (bicyclic) bond motifs is 1. The number of likely N-dealkylation sites (N-methyl/N-ethyl adjacent to an activating group) is 1. The predicted octanol–water partition coefficient (Wildman–Crippen LogP) is 5.09. The van der Waals surface area contributed by atoms with E-state index < -0.39 is 0 Å². The minimum Gasteiger partial charge on any atom is -0.493 e. The summed E-state index contributed by atoms with van der Waals surface area (Å²) in [6.07, 6.45) is 6.61. The second kappa shape index (κ2) is 10.6. The smallest absolute Gasteiger partial charge is 0.255 e. The molecule has 180 valence electrons. The second-order valence-corrected chi connectivity index (χ2v) is 8.63. The van der Waals surface area contributed by atoms with Crippen molar-refractivity contribution in [2.45, 2.75) is 52.2 Å². The van der Waals surface area contributed by atoms with Gasteiger partial charge in [0.05, 0.1) is 13.2 Å². The quantitative estimate of drug-likeness (QED) is 0.480. The summed E-state index contributed by atoms with van der Waals surface area (Å²) in [6, 6.07) is 12.9. The van der Waals surface area contributed by atoms with Crippen LogP contribution in [-0.4, -0.2) is 47.6 Å². The Bertz CT molecular complexity index is 1160. The van der Waals surface area contributed by atoms with Crippen LogP contribution in [0.2, 0.25) is 0 Å². The number of nitrogens with zero attached hydrogens (tertiary/aromatic N) is 2. The first kappa shape index (κ1) is 23.7. The summed E-state index contributed by atoms with van der Waals surface area (Å²) in [5.74, 6) is 1.10. The van der Waals surface area contributed by atoms with Gasteiger partial charge in [0.1, 0.15) is 6.54 Å². The Morgan fingerprint density at radius 3 is 2.50 bits per heavy atom. The zero-order valence-electron chi connectivity index (χ0n) is 20.2. The van der Waals surface area contributed by atoms with Gasteiger partial charge in [-0.25, -0.2) is 0 Å². The van der Waals surface area contributed by atoms with Crippen molar-refractivity contribution in [3.05, 3.63) is 54.2 Å². The SMILES string of the molecule is CCN(CC)C(=O)Cn1ccc2cc(NC(=O)c3ccc(OC4CCCC4)c(OC)c3)ccc21. The molecule has 0 saturated heterocycles. The minimum atomic E-state index is -0.221. The van der Waals surface area contributed by atoms with Crippen LogP contribution in [-0.2, 0) is 11.3 Å². The summed E-state index contributed by atoms with van der Waals surface area (Å²) in [5, 5.41) is 3.92. The van der Waals surface area contributed by atoms with Crippen LogP contribution in [0.3, 0.4) is 0 Å². The minimum absolute atomic E-state index is 0.0918. The monoisotopic (exact) mass is 463 g/mol. The number of amides is 2. The molecule has 0 bridgehead atoms. The van der Waals surface area contributed by atoms with E-state index in [1.165, 1.54) is 12.8 Å².